The summed E-state index contributed by atoms with van der Waals surface area (Å²) in [7, 11) is 0. The van der Waals surface area contributed by atoms with E-state index in [2.05, 4.69) is 22.8 Å². The lowest BCUT2D eigenvalue weighted by Gasteiger charge is -2.53. The maximum absolute atomic E-state index is 12.0. The Morgan fingerprint density at radius 3 is 2.27 bits per heavy atom. The number of aromatic hydroxyl groups is 1. The number of piperidine rings is 3. The zero-order valence-corrected chi connectivity index (χ0v) is 29.8. The fraction of sp³-hybridized carbons (Fsp3) is 0.537. The fourth-order valence-corrected chi connectivity index (χ4v) is 8.43. The Kier molecular flexibility index (Phi) is 12.9. The van der Waals surface area contributed by atoms with Crippen molar-refractivity contribution in [1.82, 2.24) is 5.32 Å². The number of nitrogens with zero attached hydrogens (tertiary/aromatic N) is 1. The van der Waals surface area contributed by atoms with Crippen LogP contribution in [0.4, 0.5) is 5.69 Å². The molecule has 3 heterocycles. The van der Waals surface area contributed by atoms with Gasteiger partial charge in [-0.25, -0.2) is 0 Å². The van der Waals surface area contributed by atoms with Gasteiger partial charge in [-0.05, 0) is 79.3 Å². The number of fused-ring (bicyclic) bond motifs is 3. The molecule has 5 N–H and O–H groups in total. The Bertz CT molecular complexity index is 1510. The Balaban J connectivity index is 0.875. The molecule has 10 nitrogen and oxygen atoms in total. The van der Waals surface area contributed by atoms with Crippen molar-refractivity contribution in [2.24, 2.45) is 11.8 Å². The standard InChI is InChI=1S/C41H55N3O7/c45-30-43-37-26-32(12-17-38(37)46)39(47)27-42-20-6-24-49-35-13-15-36(16-14-35)50-25-7-21-44-22-18-31(19-23-44)40(28-44)51-29-41(48,34-10-4-5-11-34)33-8-2-1-3-9-33/h1-3,8-9,12-17,26,30-31,34,39-40,42,47-48H,4-7,10-11,18-25,27-29H2,(H-,43,45,46)/p+1/t31?,39-,40-,41?,44?/m0/s1. The predicted molar refractivity (Wildman–Crippen MR) is 197 cm³/mol. The Labute approximate surface area is 302 Å². The molecule has 7 rings (SSSR count). The second kappa shape index (κ2) is 17.7. The van der Waals surface area contributed by atoms with Crippen LogP contribution in [0.5, 0.6) is 17.2 Å². The van der Waals surface area contributed by atoms with E-state index in [1.54, 1.807) is 12.1 Å². The average molecular weight is 703 g/mol. The molecule has 3 aromatic carbocycles. The molecule has 3 atom stereocenters. The van der Waals surface area contributed by atoms with Gasteiger partial charge in [0, 0.05) is 31.7 Å². The highest BCUT2D eigenvalue weighted by Crippen LogP contribution is 2.43. The van der Waals surface area contributed by atoms with Crippen LogP contribution < -0.4 is 20.1 Å². The maximum atomic E-state index is 12.0. The Morgan fingerprint density at radius 2 is 1.59 bits per heavy atom. The molecule has 0 aromatic heterocycles. The number of carbonyl (C=O) groups excluding carboxylic acids is 1. The summed E-state index contributed by atoms with van der Waals surface area (Å²) in [5.41, 5.74) is 0.952. The molecular weight excluding hydrogens is 646 g/mol. The molecule has 1 saturated carbocycles. The Morgan fingerprint density at radius 1 is 0.902 bits per heavy atom. The maximum Gasteiger partial charge on any atom is 0.211 e. The van der Waals surface area contributed by atoms with Crippen LogP contribution in [0.3, 0.4) is 0 Å². The highest BCUT2D eigenvalue weighted by Gasteiger charge is 2.48. The van der Waals surface area contributed by atoms with Crippen LogP contribution in [0.25, 0.3) is 0 Å². The van der Waals surface area contributed by atoms with Crippen molar-refractivity contribution in [3.8, 4) is 17.2 Å². The van der Waals surface area contributed by atoms with Crippen LogP contribution in [0.1, 0.15) is 68.6 Å². The average Bonchev–Trinajstić information content (AvgIpc) is 3.72. The minimum absolute atomic E-state index is 0.0482. The van der Waals surface area contributed by atoms with E-state index in [0.29, 0.717) is 50.8 Å². The molecule has 3 saturated heterocycles. The third-order valence-electron chi connectivity index (χ3n) is 11.5. The van der Waals surface area contributed by atoms with Crippen LogP contribution in [0.2, 0.25) is 0 Å². The van der Waals surface area contributed by atoms with E-state index < -0.39 is 11.7 Å². The monoisotopic (exact) mass is 702 g/mol. The number of anilines is 1. The first kappa shape index (κ1) is 37.1. The molecule has 0 radical (unpaired) electrons. The number of hydrogen-bond acceptors (Lipinski definition) is 8. The largest absolute Gasteiger partial charge is 0.506 e. The topological polar surface area (TPSA) is 130 Å². The van der Waals surface area contributed by atoms with E-state index in [4.69, 9.17) is 14.2 Å². The number of ether oxygens (including phenoxy) is 3. The van der Waals surface area contributed by atoms with Gasteiger partial charge >= 0.3 is 0 Å². The molecule has 51 heavy (non-hydrogen) atoms. The molecule has 0 spiro atoms. The highest BCUT2D eigenvalue weighted by molar-refractivity contribution is 5.75. The van der Waals surface area contributed by atoms with Crippen molar-refractivity contribution in [3.05, 3.63) is 83.9 Å². The van der Waals surface area contributed by atoms with Crippen molar-refractivity contribution in [3.63, 3.8) is 0 Å². The van der Waals surface area contributed by atoms with Gasteiger partial charge in [-0.2, -0.15) is 0 Å². The minimum Gasteiger partial charge on any atom is -0.506 e. The van der Waals surface area contributed by atoms with Crippen molar-refractivity contribution in [2.75, 3.05) is 64.4 Å². The van der Waals surface area contributed by atoms with Crippen LogP contribution >= 0.6 is 0 Å². The summed E-state index contributed by atoms with van der Waals surface area (Å²) < 4.78 is 19.8. The van der Waals surface area contributed by atoms with E-state index in [0.717, 1.165) is 60.3 Å². The molecule has 4 fully saturated rings. The Hall–Kier alpha value is -3.67. The lowest BCUT2D eigenvalue weighted by atomic mass is 9.80. The number of quaternary nitrogens is 1. The number of benzene rings is 3. The first-order valence-electron chi connectivity index (χ1n) is 18.9. The van der Waals surface area contributed by atoms with Gasteiger partial charge < -0.3 is 44.6 Å². The number of aliphatic hydroxyl groups excluding tert-OH is 1. The van der Waals surface area contributed by atoms with Gasteiger partial charge in [0.1, 0.15) is 35.5 Å². The normalized spacial score (nSPS) is 23.4. The van der Waals surface area contributed by atoms with Crippen LogP contribution in [-0.4, -0.2) is 91.4 Å². The summed E-state index contributed by atoms with van der Waals surface area (Å²) in [5.74, 6) is 2.43. The number of aliphatic hydroxyl groups is 2. The molecule has 10 heteroatoms. The summed E-state index contributed by atoms with van der Waals surface area (Å²) in [6.45, 7) is 7.12. The number of amides is 1. The lowest BCUT2D eigenvalue weighted by Crippen LogP contribution is -2.65. The highest BCUT2D eigenvalue weighted by atomic mass is 16.5. The predicted octanol–water partition coefficient (Wildman–Crippen LogP) is 5.53. The summed E-state index contributed by atoms with van der Waals surface area (Å²) in [4.78, 5) is 10.7. The first-order chi connectivity index (χ1) is 24.9. The SMILES string of the molecule is O=CNc1cc([C@@H](O)CNCCCOc2ccc(OCCC[N+]34CCC(CC3)[C@@H](OCC(O)(c3ccccc3)C3CCCC3)C4)cc2)ccc1O. The van der Waals surface area contributed by atoms with Gasteiger partial charge in [0.15, 0.2) is 0 Å². The summed E-state index contributed by atoms with van der Waals surface area (Å²) in [5, 5.41) is 37.9. The van der Waals surface area contributed by atoms with Crippen molar-refractivity contribution >= 4 is 12.1 Å². The molecule has 3 aromatic rings. The van der Waals surface area contributed by atoms with Crippen molar-refractivity contribution in [2.45, 2.75) is 69.2 Å². The van der Waals surface area contributed by atoms with Gasteiger partial charge in [-0.15, -0.1) is 0 Å². The van der Waals surface area contributed by atoms with Gasteiger partial charge in [0.25, 0.3) is 0 Å². The molecule has 1 amide bonds. The third kappa shape index (κ3) is 9.61. The van der Waals surface area contributed by atoms with Crippen LogP contribution in [0, 0.1) is 11.8 Å². The molecular formula is C41H56N3O7+. The fourth-order valence-electron chi connectivity index (χ4n) is 8.43. The van der Waals surface area contributed by atoms with E-state index in [9.17, 15) is 20.1 Å². The van der Waals surface area contributed by atoms with E-state index in [1.165, 1.54) is 44.8 Å². The van der Waals surface area contributed by atoms with Gasteiger partial charge in [0.05, 0.1) is 51.2 Å². The zero-order chi connectivity index (χ0) is 35.5. The van der Waals surface area contributed by atoms with Crippen LogP contribution in [-0.2, 0) is 15.1 Å². The van der Waals surface area contributed by atoms with E-state index >= 15 is 0 Å². The minimum atomic E-state index is -0.912. The second-order valence-corrected chi connectivity index (χ2v) is 14.8. The molecule has 2 bridgehead atoms. The van der Waals surface area contributed by atoms with E-state index in [1.807, 2.05) is 42.5 Å². The number of nitrogens with one attached hydrogen (secondary N) is 2. The quantitative estimate of drug-likeness (QED) is 0.0451. The number of hydrogen-bond donors (Lipinski definition) is 5. The smallest absolute Gasteiger partial charge is 0.211 e. The van der Waals surface area contributed by atoms with Crippen molar-refractivity contribution < 1.29 is 38.8 Å². The molecule has 276 valence electrons. The summed E-state index contributed by atoms with van der Waals surface area (Å²) >= 11 is 0. The molecule has 3 aliphatic heterocycles. The third-order valence-corrected chi connectivity index (χ3v) is 11.5. The number of rotatable bonds is 20. The summed E-state index contributed by atoms with van der Waals surface area (Å²) in [6.07, 6.45) is 8.57. The van der Waals surface area contributed by atoms with Gasteiger partial charge in [-0.3, -0.25) is 4.79 Å². The lowest BCUT2D eigenvalue weighted by molar-refractivity contribution is -0.946. The second-order valence-electron chi connectivity index (χ2n) is 14.8. The molecule has 1 aliphatic carbocycles. The molecule has 1 unspecified atom stereocenters. The number of carbonyl (C=O) groups is 1. The van der Waals surface area contributed by atoms with Crippen LogP contribution in [0.15, 0.2) is 72.8 Å². The number of phenolic OH excluding ortho intramolecular Hbond substituents is 1. The molecule has 4 aliphatic rings. The van der Waals surface area contributed by atoms with E-state index in [-0.39, 0.29) is 23.5 Å². The zero-order valence-electron chi connectivity index (χ0n) is 29.8. The van der Waals surface area contributed by atoms with Gasteiger partial charge in [-0.1, -0.05) is 49.2 Å². The number of phenols is 1. The summed E-state index contributed by atoms with van der Waals surface area (Å²) in [6, 6.07) is 22.6. The van der Waals surface area contributed by atoms with Crippen molar-refractivity contribution in [1.29, 1.82) is 0 Å². The van der Waals surface area contributed by atoms with Gasteiger partial charge in [0.2, 0.25) is 6.41 Å². The first-order valence-corrected chi connectivity index (χ1v) is 18.9.